The largest absolute Gasteiger partial charge is 0.544 e. The van der Waals surface area contributed by atoms with E-state index in [2.05, 4.69) is 56.4 Å². The minimum absolute atomic E-state index is 0.00641. The smallest absolute Gasteiger partial charge is 0.306 e. The molecule has 0 heterocycles. The van der Waals surface area contributed by atoms with Crippen LogP contribution in [0.25, 0.3) is 0 Å². The molecule has 8 heteroatoms. The van der Waals surface area contributed by atoms with E-state index in [1.165, 1.54) is 70.6 Å². The first-order chi connectivity index (χ1) is 29.1. The summed E-state index contributed by atoms with van der Waals surface area (Å²) in [6.07, 6.45) is 56.0. The predicted octanol–water partition coefficient (Wildman–Crippen LogP) is 11.7. The van der Waals surface area contributed by atoms with Gasteiger partial charge in [-0.05, 0) is 57.8 Å². The van der Waals surface area contributed by atoms with E-state index in [1.54, 1.807) is 21.1 Å². The van der Waals surface area contributed by atoms with Gasteiger partial charge in [-0.25, -0.2) is 0 Å². The third kappa shape index (κ3) is 39.7. The molecule has 0 spiro atoms. The van der Waals surface area contributed by atoms with Crippen molar-refractivity contribution in [2.24, 2.45) is 0 Å². The highest BCUT2D eigenvalue weighted by Crippen LogP contribution is 2.14. The van der Waals surface area contributed by atoms with Crippen molar-refractivity contribution in [3.63, 3.8) is 0 Å². The van der Waals surface area contributed by atoms with Gasteiger partial charge in [0.25, 0.3) is 0 Å². The van der Waals surface area contributed by atoms with Gasteiger partial charge in [0.05, 0.1) is 40.3 Å². The van der Waals surface area contributed by atoms with Crippen molar-refractivity contribution in [1.29, 1.82) is 0 Å². The molecule has 2 unspecified atom stereocenters. The van der Waals surface area contributed by atoms with Crippen molar-refractivity contribution in [3.8, 4) is 0 Å². The molecule has 0 aromatic heterocycles. The zero-order valence-electron chi connectivity index (χ0n) is 38.6. The molecule has 2 atom stereocenters. The summed E-state index contributed by atoms with van der Waals surface area (Å²) in [5, 5.41) is 11.6. The summed E-state index contributed by atoms with van der Waals surface area (Å²) in [4.78, 5) is 36.9. The van der Waals surface area contributed by atoms with Crippen LogP contribution in [0.5, 0.6) is 0 Å². The molecular formula is C52H85NO7. The lowest BCUT2D eigenvalue weighted by atomic mass is 10.0. The number of carbonyl (C=O) groups is 3. The van der Waals surface area contributed by atoms with Crippen molar-refractivity contribution in [2.45, 2.75) is 174 Å². The van der Waals surface area contributed by atoms with Gasteiger partial charge in [-0.3, -0.25) is 9.59 Å². The lowest BCUT2D eigenvalue weighted by molar-refractivity contribution is -0.889. The number of quaternary nitrogens is 1. The second-order valence-electron chi connectivity index (χ2n) is 16.3. The maximum absolute atomic E-state index is 12.7. The summed E-state index contributed by atoms with van der Waals surface area (Å²) in [7, 11) is 5.37. The molecule has 0 radical (unpaired) electrons. The number of ether oxygens (including phenoxy) is 3. The van der Waals surface area contributed by atoms with Crippen LogP contribution in [0.1, 0.15) is 162 Å². The fourth-order valence-electron chi connectivity index (χ4n) is 6.29. The molecule has 0 saturated carbocycles. The first-order valence-electron chi connectivity index (χ1n) is 23.3. The molecule has 0 aliphatic heterocycles. The molecule has 340 valence electrons. The van der Waals surface area contributed by atoms with E-state index in [9.17, 15) is 19.5 Å². The van der Waals surface area contributed by atoms with E-state index in [-0.39, 0.29) is 49.1 Å². The summed E-state index contributed by atoms with van der Waals surface area (Å²) in [6, 6.07) is -0.743. The van der Waals surface area contributed by atoms with Crippen molar-refractivity contribution < 1.29 is 38.2 Å². The normalized spacial score (nSPS) is 13.8. The quantitative estimate of drug-likeness (QED) is 0.0199. The number of unbranched alkanes of at least 4 members (excludes halogenated alkanes) is 14. The molecule has 0 saturated heterocycles. The highest BCUT2D eigenvalue weighted by atomic mass is 16.6. The van der Waals surface area contributed by atoms with E-state index >= 15 is 0 Å². The number of hydrogen-bond donors (Lipinski definition) is 0. The van der Waals surface area contributed by atoms with Gasteiger partial charge >= 0.3 is 11.9 Å². The van der Waals surface area contributed by atoms with Crippen LogP contribution in [-0.4, -0.2) is 75.5 Å². The second-order valence-corrected chi connectivity index (χ2v) is 16.3. The number of carboxylic acid groups (broad SMARTS) is 1. The highest BCUT2D eigenvalue weighted by Gasteiger charge is 2.25. The van der Waals surface area contributed by atoms with E-state index in [1.807, 2.05) is 54.7 Å². The Balaban J connectivity index is 4.29. The van der Waals surface area contributed by atoms with Gasteiger partial charge in [0.15, 0.2) is 6.10 Å². The van der Waals surface area contributed by atoms with Gasteiger partial charge in [-0.1, -0.05) is 182 Å². The lowest BCUT2D eigenvalue weighted by Gasteiger charge is -2.34. The topological polar surface area (TPSA) is 102 Å². The summed E-state index contributed by atoms with van der Waals surface area (Å²) in [5.41, 5.74) is 0. The molecule has 0 aliphatic rings. The molecule has 0 fully saturated rings. The third-order valence-corrected chi connectivity index (χ3v) is 9.84. The van der Waals surface area contributed by atoms with Crippen LogP contribution in [0.4, 0.5) is 0 Å². The molecule has 8 nitrogen and oxygen atoms in total. The molecule has 0 amide bonds. The van der Waals surface area contributed by atoms with Crippen molar-refractivity contribution in [2.75, 3.05) is 41.0 Å². The maximum Gasteiger partial charge on any atom is 0.306 e. The average molecular weight is 836 g/mol. The van der Waals surface area contributed by atoms with Gasteiger partial charge in [0.1, 0.15) is 12.6 Å². The molecule has 0 N–H and O–H groups in total. The van der Waals surface area contributed by atoms with Crippen molar-refractivity contribution in [1.82, 2.24) is 0 Å². The zero-order valence-corrected chi connectivity index (χ0v) is 38.6. The summed E-state index contributed by atoms with van der Waals surface area (Å²) in [5.74, 6) is -1.84. The minimum Gasteiger partial charge on any atom is -0.544 e. The van der Waals surface area contributed by atoms with Gasteiger partial charge in [-0.15, -0.1) is 0 Å². The molecule has 0 aromatic rings. The Morgan fingerprint density at radius 3 is 1.53 bits per heavy atom. The Labute approximate surface area is 366 Å². The van der Waals surface area contributed by atoms with Crippen LogP contribution < -0.4 is 5.11 Å². The first-order valence-corrected chi connectivity index (χ1v) is 23.3. The van der Waals surface area contributed by atoms with Gasteiger partial charge in [0.2, 0.25) is 0 Å². The Bertz CT molecular complexity index is 1300. The number of carbonyl (C=O) groups excluding carboxylic acids is 3. The molecular weight excluding hydrogens is 751 g/mol. The van der Waals surface area contributed by atoms with Crippen LogP contribution in [0, 0.1) is 0 Å². The zero-order chi connectivity index (χ0) is 44.2. The molecule has 60 heavy (non-hydrogen) atoms. The summed E-state index contributed by atoms with van der Waals surface area (Å²) < 4.78 is 17.1. The van der Waals surface area contributed by atoms with E-state index in [0.717, 1.165) is 44.9 Å². The predicted molar refractivity (Wildman–Crippen MR) is 249 cm³/mol. The first kappa shape index (κ1) is 56.2. The summed E-state index contributed by atoms with van der Waals surface area (Å²) >= 11 is 0. The fraction of sp³-hybridized carbons (Fsp3) is 0.635. The number of carboxylic acids is 1. The van der Waals surface area contributed by atoms with Crippen molar-refractivity contribution >= 4 is 17.9 Å². The van der Waals surface area contributed by atoms with E-state index in [0.29, 0.717) is 19.3 Å². The number of likely N-dealkylation sites (N-methyl/N-ethyl adjacent to an activating group) is 1. The summed E-state index contributed by atoms with van der Waals surface area (Å²) in [6.45, 7) is 4.31. The van der Waals surface area contributed by atoms with E-state index < -0.39 is 18.1 Å². The number of rotatable bonds is 40. The Kier molecular flexibility index (Phi) is 39.3. The number of esters is 2. The van der Waals surface area contributed by atoms with Crippen LogP contribution in [0.15, 0.2) is 97.2 Å². The van der Waals surface area contributed by atoms with Crippen LogP contribution in [-0.2, 0) is 28.6 Å². The number of aliphatic carboxylic acids is 1. The lowest BCUT2D eigenvalue weighted by Crippen LogP contribution is -2.55. The standard InChI is InChI=1S/C52H85NO7/c1-6-8-10-12-14-16-18-20-21-22-23-24-25-26-27-28-29-31-32-34-36-38-40-42-50(54)59-47-48(46-58-45-44-49(52(56)57)53(3,4)5)60-51(55)43-41-39-37-35-33-30-19-17-15-13-11-9-7-2/h8-11,13-17,19-21,30,33,35,37,48-49H,6-7,12,18,22-29,31-32,34,36,38-47H2,1-5H3/b10-8+,11-9+,15-13+,16-14+,19-17+,21-20+,33-30+,37-35+. The fourth-order valence-corrected chi connectivity index (χ4v) is 6.29. The monoisotopic (exact) mass is 836 g/mol. The van der Waals surface area contributed by atoms with Crippen LogP contribution in [0.3, 0.4) is 0 Å². The van der Waals surface area contributed by atoms with Gasteiger partial charge in [-0.2, -0.15) is 0 Å². The third-order valence-electron chi connectivity index (χ3n) is 9.84. The number of hydrogen-bond acceptors (Lipinski definition) is 7. The van der Waals surface area contributed by atoms with E-state index in [4.69, 9.17) is 14.2 Å². The molecule has 0 aliphatic carbocycles. The maximum atomic E-state index is 12.7. The van der Waals surface area contributed by atoms with Crippen LogP contribution in [0.2, 0.25) is 0 Å². The van der Waals surface area contributed by atoms with Crippen LogP contribution >= 0.6 is 0 Å². The van der Waals surface area contributed by atoms with Gasteiger partial charge in [0, 0.05) is 19.3 Å². The highest BCUT2D eigenvalue weighted by molar-refractivity contribution is 5.70. The second kappa shape index (κ2) is 42.0. The van der Waals surface area contributed by atoms with Crippen molar-refractivity contribution in [3.05, 3.63) is 97.2 Å². The molecule has 0 rings (SSSR count). The molecule has 0 bridgehead atoms. The Hall–Kier alpha value is -3.75. The Morgan fingerprint density at radius 2 is 0.983 bits per heavy atom. The SMILES string of the molecule is CC/C=C/C=C/C=C/C=C/C=C/CCCC(=O)OC(COCCC(C(=O)[O-])[N+](C)(C)C)COC(=O)CCCCCCCCCCCCCCC/C=C/C/C=C/C/C=C/CC. The number of nitrogens with zero attached hydrogens (tertiary/aromatic N) is 1. The minimum atomic E-state index is -1.14. The number of allylic oxidation sites excluding steroid dienone is 16. The molecule has 0 aromatic carbocycles. The Morgan fingerprint density at radius 1 is 0.517 bits per heavy atom. The van der Waals surface area contributed by atoms with Gasteiger partial charge < -0.3 is 28.6 Å². The average Bonchev–Trinajstić information content (AvgIpc) is 3.21.